The number of hydrazone groups is 1. The lowest BCUT2D eigenvalue weighted by Crippen LogP contribution is -2.58. The Kier molecular flexibility index (Phi) is 5.96. The zero-order valence-corrected chi connectivity index (χ0v) is 17.1. The van der Waals surface area contributed by atoms with Crippen molar-refractivity contribution < 1.29 is 14.4 Å². The first-order chi connectivity index (χ1) is 13.4. The van der Waals surface area contributed by atoms with Gasteiger partial charge in [0.2, 0.25) is 5.91 Å². The number of amides is 3. The second kappa shape index (κ2) is 8.41. The number of thiocarbonyl (C=S) groups is 1. The third-order valence-electron chi connectivity index (χ3n) is 3.97. The van der Waals surface area contributed by atoms with Gasteiger partial charge in [-0.3, -0.25) is 19.3 Å². The number of anilines is 1. The maximum Gasteiger partial charge on any atom is 0.271 e. The summed E-state index contributed by atoms with van der Waals surface area (Å²) < 4.78 is 0.744. The summed E-state index contributed by atoms with van der Waals surface area (Å²) in [6, 6.07) is 13.9. The molecule has 1 atom stereocenters. The molecule has 1 heterocycles. The van der Waals surface area contributed by atoms with Crippen LogP contribution in [-0.4, -0.2) is 29.0 Å². The van der Waals surface area contributed by atoms with Crippen LogP contribution in [0.3, 0.4) is 0 Å². The van der Waals surface area contributed by atoms with Crippen molar-refractivity contribution in [3.05, 3.63) is 64.1 Å². The Bertz CT molecular complexity index is 991. The van der Waals surface area contributed by atoms with Crippen LogP contribution in [0.2, 0.25) is 0 Å². The van der Waals surface area contributed by atoms with Crippen LogP contribution in [0.25, 0.3) is 0 Å². The molecule has 1 fully saturated rings. The third kappa shape index (κ3) is 4.32. The Morgan fingerprint density at radius 1 is 1.25 bits per heavy atom. The number of hydrogen-bond donors (Lipinski definition) is 2. The molecule has 9 heteroatoms. The number of benzene rings is 2. The third-order valence-corrected chi connectivity index (χ3v) is 4.75. The molecule has 142 valence electrons. The number of nitrogens with zero attached hydrogens (tertiary/aromatic N) is 2. The zero-order valence-electron chi connectivity index (χ0n) is 14.7. The lowest BCUT2D eigenvalue weighted by molar-refractivity contribution is -0.130. The molecule has 3 amide bonds. The number of aryl methyl sites for hydroxylation is 1. The molecule has 0 aromatic heterocycles. The molecule has 0 radical (unpaired) electrons. The minimum atomic E-state index is -1.21. The second-order valence-electron chi connectivity index (χ2n) is 6.01. The van der Waals surface area contributed by atoms with Crippen LogP contribution in [0.1, 0.15) is 15.9 Å². The van der Waals surface area contributed by atoms with E-state index in [1.165, 1.54) is 4.90 Å². The molecule has 0 spiro atoms. The summed E-state index contributed by atoms with van der Waals surface area (Å²) in [6.07, 6.45) is 1.09. The fourth-order valence-electron chi connectivity index (χ4n) is 2.52. The molecule has 3 rings (SSSR count). The van der Waals surface area contributed by atoms with Gasteiger partial charge in [-0.05, 0) is 49.5 Å². The van der Waals surface area contributed by atoms with E-state index in [0.29, 0.717) is 11.3 Å². The van der Waals surface area contributed by atoms with E-state index < -0.39 is 23.6 Å². The average molecular weight is 459 g/mol. The lowest BCUT2D eigenvalue weighted by Gasteiger charge is -2.30. The highest BCUT2D eigenvalue weighted by atomic mass is 79.9. The van der Waals surface area contributed by atoms with Crippen molar-refractivity contribution in [1.82, 2.24) is 10.7 Å². The molecule has 1 aliphatic heterocycles. The molecule has 2 N–H and O–H groups in total. The number of rotatable bonds is 4. The Morgan fingerprint density at radius 2 is 1.96 bits per heavy atom. The Hall–Kier alpha value is -2.91. The van der Waals surface area contributed by atoms with E-state index >= 15 is 0 Å². The first kappa shape index (κ1) is 19.8. The fraction of sp³-hybridized carbons (Fsp3) is 0.105. The first-order valence-corrected chi connectivity index (χ1v) is 9.41. The summed E-state index contributed by atoms with van der Waals surface area (Å²) in [5.74, 6) is -2.82. The van der Waals surface area contributed by atoms with E-state index in [2.05, 4.69) is 31.8 Å². The fourth-order valence-corrected chi connectivity index (χ4v) is 3.22. The monoisotopic (exact) mass is 458 g/mol. The molecular formula is C19H15BrN4O3S. The molecule has 0 unspecified atom stereocenters. The lowest BCUT2D eigenvalue weighted by atomic mass is 10.1. The van der Waals surface area contributed by atoms with Crippen molar-refractivity contribution in [2.75, 3.05) is 4.90 Å². The SMILES string of the molecule is Cc1ccc(N2C(=O)[C@H](/C=N/NC(=O)c3cccc(Br)c3)C(=O)NC2=S)cc1. The molecule has 7 nitrogen and oxygen atoms in total. The van der Waals surface area contributed by atoms with Crippen LogP contribution in [0, 0.1) is 12.8 Å². The summed E-state index contributed by atoms with van der Waals surface area (Å²) >= 11 is 8.42. The molecule has 0 bridgehead atoms. The van der Waals surface area contributed by atoms with Crippen LogP contribution >= 0.6 is 28.1 Å². The van der Waals surface area contributed by atoms with Gasteiger partial charge in [0.05, 0.1) is 5.69 Å². The van der Waals surface area contributed by atoms with Crippen molar-refractivity contribution in [1.29, 1.82) is 0 Å². The zero-order chi connectivity index (χ0) is 20.3. The van der Waals surface area contributed by atoms with Crippen molar-refractivity contribution in [2.45, 2.75) is 6.92 Å². The van der Waals surface area contributed by atoms with E-state index in [0.717, 1.165) is 16.3 Å². The van der Waals surface area contributed by atoms with E-state index in [-0.39, 0.29) is 5.11 Å². The van der Waals surface area contributed by atoms with Gasteiger partial charge in [0.1, 0.15) is 0 Å². The molecular weight excluding hydrogens is 444 g/mol. The Balaban J connectivity index is 1.75. The number of hydrogen-bond acceptors (Lipinski definition) is 5. The normalized spacial score (nSPS) is 17.0. The highest BCUT2D eigenvalue weighted by Gasteiger charge is 2.38. The summed E-state index contributed by atoms with van der Waals surface area (Å²) in [4.78, 5) is 38.3. The van der Waals surface area contributed by atoms with Crippen molar-refractivity contribution in [3.8, 4) is 0 Å². The number of nitrogens with one attached hydrogen (secondary N) is 2. The predicted molar refractivity (Wildman–Crippen MR) is 113 cm³/mol. The minimum absolute atomic E-state index is 0.00155. The molecule has 0 aliphatic carbocycles. The Labute approximate surface area is 174 Å². The van der Waals surface area contributed by atoms with Gasteiger partial charge in [-0.1, -0.05) is 39.7 Å². The maximum atomic E-state index is 12.8. The number of carbonyl (C=O) groups excluding carboxylic acids is 3. The van der Waals surface area contributed by atoms with Gasteiger partial charge >= 0.3 is 0 Å². The molecule has 2 aromatic rings. The Morgan fingerprint density at radius 3 is 2.64 bits per heavy atom. The minimum Gasteiger partial charge on any atom is -0.301 e. The van der Waals surface area contributed by atoms with Crippen LogP contribution in [-0.2, 0) is 9.59 Å². The summed E-state index contributed by atoms with van der Waals surface area (Å²) in [6.45, 7) is 1.92. The van der Waals surface area contributed by atoms with Crippen LogP contribution in [0.5, 0.6) is 0 Å². The van der Waals surface area contributed by atoms with Crippen molar-refractivity contribution in [2.24, 2.45) is 11.0 Å². The van der Waals surface area contributed by atoms with Gasteiger partial charge in [-0.25, -0.2) is 5.43 Å². The van der Waals surface area contributed by atoms with E-state index in [1.807, 2.05) is 19.1 Å². The van der Waals surface area contributed by atoms with Gasteiger partial charge in [-0.2, -0.15) is 5.10 Å². The number of carbonyl (C=O) groups is 3. The molecule has 1 aliphatic rings. The van der Waals surface area contributed by atoms with E-state index in [4.69, 9.17) is 12.2 Å². The quantitative estimate of drug-likeness (QED) is 0.318. The van der Waals surface area contributed by atoms with E-state index in [9.17, 15) is 14.4 Å². The first-order valence-electron chi connectivity index (χ1n) is 8.21. The average Bonchev–Trinajstić information content (AvgIpc) is 2.65. The van der Waals surface area contributed by atoms with Crippen LogP contribution in [0.4, 0.5) is 5.69 Å². The molecule has 28 heavy (non-hydrogen) atoms. The van der Waals surface area contributed by atoms with Gasteiger partial charge < -0.3 is 5.32 Å². The van der Waals surface area contributed by atoms with Gasteiger partial charge in [-0.15, -0.1) is 0 Å². The maximum absolute atomic E-state index is 12.8. The van der Waals surface area contributed by atoms with Crippen LogP contribution < -0.4 is 15.6 Å². The number of halogens is 1. The highest BCUT2D eigenvalue weighted by Crippen LogP contribution is 2.20. The van der Waals surface area contributed by atoms with Gasteiger partial charge in [0.25, 0.3) is 11.8 Å². The van der Waals surface area contributed by atoms with Crippen molar-refractivity contribution >= 4 is 62.9 Å². The summed E-state index contributed by atoms with van der Waals surface area (Å²) in [5.41, 5.74) is 4.26. The molecule has 0 saturated carbocycles. The second-order valence-corrected chi connectivity index (χ2v) is 7.31. The van der Waals surface area contributed by atoms with Crippen molar-refractivity contribution in [3.63, 3.8) is 0 Å². The van der Waals surface area contributed by atoms with Crippen LogP contribution in [0.15, 0.2) is 58.1 Å². The summed E-state index contributed by atoms with van der Waals surface area (Å²) in [7, 11) is 0. The van der Waals surface area contributed by atoms with Gasteiger partial charge in [0.15, 0.2) is 11.0 Å². The topological polar surface area (TPSA) is 90.9 Å². The van der Waals surface area contributed by atoms with Gasteiger partial charge in [0, 0.05) is 16.3 Å². The predicted octanol–water partition coefficient (Wildman–Crippen LogP) is 2.54. The largest absolute Gasteiger partial charge is 0.301 e. The summed E-state index contributed by atoms with van der Waals surface area (Å²) in [5, 5.41) is 6.27. The standard InChI is InChI=1S/C19H15BrN4O3S/c1-11-5-7-14(8-6-11)24-18(27)15(17(26)22-19(24)28)10-21-23-16(25)12-3-2-4-13(20)9-12/h2-10,15H,1H3,(H,23,25)(H,22,26,28)/b21-10+/t15-/m1/s1. The van der Waals surface area contributed by atoms with E-state index in [1.54, 1.807) is 36.4 Å². The molecule has 2 aromatic carbocycles. The smallest absolute Gasteiger partial charge is 0.271 e. The molecule has 1 saturated heterocycles. The highest BCUT2D eigenvalue weighted by molar-refractivity contribution is 9.10.